The number of carbonyl (C=O) groups excluding carboxylic acids is 3. The average molecular weight is 438 g/mol. The smallest absolute Gasteiger partial charge is 0.272 e. The largest absolute Gasteiger partial charge is 0.351 e. The van der Waals surface area contributed by atoms with Gasteiger partial charge in [-0.1, -0.05) is 43.5 Å². The monoisotopic (exact) mass is 437 g/mol. The molecule has 2 aromatic rings. The van der Waals surface area contributed by atoms with E-state index in [0.29, 0.717) is 12.2 Å². The van der Waals surface area contributed by atoms with Gasteiger partial charge in [0.25, 0.3) is 11.8 Å². The molecule has 1 unspecified atom stereocenters. The van der Waals surface area contributed by atoms with Crippen LogP contribution in [-0.2, 0) is 17.9 Å². The third kappa shape index (κ3) is 4.13. The standard InChI is InChI=1S/C24H31N5O3/c1-16-9-7-8-10-17(16)14-25-21(30)19-13-20-22(31)28(3)24(2,15-29(20)27-19)23(32)26-18-11-5-4-6-12-18/h7-10,13,18H,4-6,11-12,14-15H2,1-3H3,(H,25,30)(H,26,32). The van der Waals surface area contributed by atoms with E-state index in [1.54, 1.807) is 14.0 Å². The highest BCUT2D eigenvalue weighted by atomic mass is 16.2. The number of carbonyl (C=O) groups is 3. The van der Waals surface area contributed by atoms with Crippen LogP contribution in [0.1, 0.15) is 71.1 Å². The maximum atomic E-state index is 13.2. The molecular weight excluding hydrogens is 406 g/mol. The number of rotatable bonds is 5. The Hall–Kier alpha value is -3.16. The van der Waals surface area contributed by atoms with E-state index in [-0.39, 0.29) is 36.0 Å². The lowest BCUT2D eigenvalue weighted by Crippen LogP contribution is -2.63. The first kappa shape index (κ1) is 22.0. The summed E-state index contributed by atoms with van der Waals surface area (Å²) in [6, 6.07) is 9.49. The van der Waals surface area contributed by atoms with E-state index in [1.165, 1.54) is 22.1 Å². The predicted molar refractivity (Wildman–Crippen MR) is 120 cm³/mol. The van der Waals surface area contributed by atoms with Gasteiger partial charge in [-0.05, 0) is 37.8 Å². The van der Waals surface area contributed by atoms with E-state index in [1.807, 2.05) is 31.2 Å². The molecule has 1 aliphatic carbocycles. The van der Waals surface area contributed by atoms with Crippen LogP contribution in [0.2, 0.25) is 0 Å². The fourth-order valence-corrected chi connectivity index (χ4v) is 4.50. The quantitative estimate of drug-likeness (QED) is 0.751. The molecule has 1 aliphatic heterocycles. The van der Waals surface area contributed by atoms with Crippen molar-refractivity contribution in [2.24, 2.45) is 0 Å². The van der Waals surface area contributed by atoms with E-state index in [2.05, 4.69) is 15.7 Å². The topological polar surface area (TPSA) is 96.3 Å². The Balaban J connectivity index is 1.49. The summed E-state index contributed by atoms with van der Waals surface area (Å²) in [5.41, 5.74) is 1.53. The molecule has 170 valence electrons. The van der Waals surface area contributed by atoms with Crippen LogP contribution < -0.4 is 10.6 Å². The molecule has 1 atom stereocenters. The van der Waals surface area contributed by atoms with Crippen LogP contribution >= 0.6 is 0 Å². The van der Waals surface area contributed by atoms with Gasteiger partial charge in [-0.2, -0.15) is 5.10 Å². The molecule has 0 spiro atoms. The van der Waals surface area contributed by atoms with Gasteiger partial charge in [-0.15, -0.1) is 0 Å². The summed E-state index contributed by atoms with van der Waals surface area (Å²) < 4.78 is 1.49. The predicted octanol–water partition coefficient (Wildman–Crippen LogP) is 2.41. The lowest BCUT2D eigenvalue weighted by atomic mass is 9.92. The number of hydrogen-bond donors (Lipinski definition) is 2. The average Bonchev–Trinajstić information content (AvgIpc) is 3.21. The number of hydrogen-bond acceptors (Lipinski definition) is 4. The second-order valence-electron chi connectivity index (χ2n) is 9.13. The second kappa shape index (κ2) is 8.76. The molecule has 1 saturated carbocycles. The van der Waals surface area contributed by atoms with Crippen LogP contribution in [0.5, 0.6) is 0 Å². The molecule has 1 fully saturated rings. The van der Waals surface area contributed by atoms with Crippen LogP contribution in [0.15, 0.2) is 30.3 Å². The van der Waals surface area contributed by atoms with Gasteiger partial charge in [-0.3, -0.25) is 19.1 Å². The zero-order valence-electron chi connectivity index (χ0n) is 19.0. The minimum atomic E-state index is -1.07. The molecule has 0 radical (unpaired) electrons. The highest BCUT2D eigenvalue weighted by Gasteiger charge is 2.46. The Morgan fingerprint density at radius 2 is 1.91 bits per heavy atom. The lowest BCUT2D eigenvalue weighted by Gasteiger charge is -2.41. The molecule has 2 heterocycles. The molecule has 4 rings (SSSR count). The molecule has 2 N–H and O–H groups in total. The minimum Gasteiger partial charge on any atom is -0.351 e. The molecule has 8 nitrogen and oxygen atoms in total. The van der Waals surface area contributed by atoms with E-state index < -0.39 is 5.54 Å². The number of nitrogens with one attached hydrogen (secondary N) is 2. The molecule has 8 heteroatoms. The van der Waals surface area contributed by atoms with Crippen molar-refractivity contribution in [1.29, 1.82) is 0 Å². The van der Waals surface area contributed by atoms with Crippen molar-refractivity contribution in [3.8, 4) is 0 Å². The van der Waals surface area contributed by atoms with Crippen LogP contribution in [0.4, 0.5) is 0 Å². The molecule has 0 saturated heterocycles. The molecular formula is C24H31N5O3. The minimum absolute atomic E-state index is 0.151. The molecule has 2 aliphatic rings. The first-order valence-electron chi connectivity index (χ1n) is 11.3. The number of fused-ring (bicyclic) bond motifs is 1. The Labute approximate surface area is 188 Å². The SMILES string of the molecule is Cc1ccccc1CNC(=O)c1cc2n(n1)CC(C)(C(=O)NC1CCCCC1)N(C)C2=O. The van der Waals surface area contributed by atoms with Gasteiger partial charge < -0.3 is 15.5 Å². The summed E-state index contributed by atoms with van der Waals surface area (Å²) >= 11 is 0. The van der Waals surface area contributed by atoms with Crippen LogP contribution in [0.3, 0.4) is 0 Å². The number of aryl methyl sites for hydroxylation is 1. The van der Waals surface area contributed by atoms with Gasteiger partial charge in [0.05, 0.1) is 6.54 Å². The molecule has 3 amide bonds. The highest BCUT2D eigenvalue weighted by Crippen LogP contribution is 2.27. The second-order valence-corrected chi connectivity index (χ2v) is 9.13. The summed E-state index contributed by atoms with van der Waals surface area (Å²) in [5, 5.41) is 10.4. The van der Waals surface area contributed by atoms with E-state index in [0.717, 1.165) is 36.8 Å². The highest BCUT2D eigenvalue weighted by molar-refractivity contribution is 6.01. The van der Waals surface area contributed by atoms with Crippen LogP contribution in [-0.4, -0.2) is 51.0 Å². The van der Waals surface area contributed by atoms with Gasteiger partial charge in [0.2, 0.25) is 5.91 Å². The first-order valence-corrected chi connectivity index (χ1v) is 11.3. The first-order chi connectivity index (χ1) is 15.3. The van der Waals surface area contributed by atoms with Crippen LogP contribution in [0.25, 0.3) is 0 Å². The van der Waals surface area contributed by atoms with E-state index in [9.17, 15) is 14.4 Å². The van der Waals surface area contributed by atoms with Gasteiger partial charge in [0, 0.05) is 25.7 Å². The summed E-state index contributed by atoms with van der Waals surface area (Å²) in [4.78, 5) is 40.4. The van der Waals surface area contributed by atoms with Gasteiger partial charge in [0.15, 0.2) is 5.69 Å². The van der Waals surface area contributed by atoms with Crippen molar-refractivity contribution in [1.82, 2.24) is 25.3 Å². The number of nitrogens with zero attached hydrogens (tertiary/aromatic N) is 3. The normalized spacial score (nSPS) is 21.2. The Morgan fingerprint density at radius 3 is 2.62 bits per heavy atom. The zero-order chi connectivity index (χ0) is 22.9. The third-order valence-corrected chi connectivity index (χ3v) is 6.86. The Bertz CT molecular complexity index is 1040. The summed E-state index contributed by atoms with van der Waals surface area (Å²) in [6.45, 7) is 4.33. The van der Waals surface area contributed by atoms with Crippen molar-refractivity contribution >= 4 is 17.7 Å². The number of likely N-dealkylation sites (N-methyl/N-ethyl adjacent to an activating group) is 1. The summed E-state index contributed by atoms with van der Waals surface area (Å²) in [7, 11) is 1.64. The molecule has 0 bridgehead atoms. The van der Waals surface area contributed by atoms with Crippen molar-refractivity contribution in [2.45, 2.75) is 70.6 Å². The number of benzene rings is 1. The van der Waals surface area contributed by atoms with Gasteiger partial charge in [-0.25, -0.2) is 0 Å². The van der Waals surface area contributed by atoms with E-state index in [4.69, 9.17) is 0 Å². The van der Waals surface area contributed by atoms with Gasteiger partial charge >= 0.3 is 0 Å². The lowest BCUT2D eigenvalue weighted by molar-refractivity contribution is -0.133. The van der Waals surface area contributed by atoms with Crippen molar-refractivity contribution in [2.75, 3.05) is 7.05 Å². The zero-order valence-corrected chi connectivity index (χ0v) is 19.0. The van der Waals surface area contributed by atoms with Crippen LogP contribution in [0, 0.1) is 6.92 Å². The number of aromatic nitrogens is 2. The van der Waals surface area contributed by atoms with E-state index >= 15 is 0 Å². The maximum absolute atomic E-state index is 13.2. The molecule has 32 heavy (non-hydrogen) atoms. The summed E-state index contributed by atoms with van der Waals surface area (Å²) in [5.74, 6) is -0.839. The fraction of sp³-hybridized carbons (Fsp3) is 0.500. The maximum Gasteiger partial charge on any atom is 0.272 e. The number of amides is 3. The fourth-order valence-electron chi connectivity index (χ4n) is 4.50. The molecule has 1 aromatic carbocycles. The Morgan fingerprint density at radius 1 is 1.19 bits per heavy atom. The third-order valence-electron chi connectivity index (χ3n) is 6.86. The van der Waals surface area contributed by atoms with Crippen molar-refractivity contribution in [3.05, 3.63) is 52.8 Å². The van der Waals surface area contributed by atoms with Gasteiger partial charge in [0.1, 0.15) is 11.2 Å². The van der Waals surface area contributed by atoms with Crippen molar-refractivity contribution < 1.29 is 14.4 Å². The Kier molecular flexibility index (Phi) is 6.04. The summed E-state index contributed by atoms with van der Waals surface area (Å²) in [6.07, 6.45) is 5.37. The molecule has 1 aromatic heterocycles. The van der Waals surface area contributed by atoms with Crippen molar-refractivity contribution in [3.63, 3.8) is 0 Å².